The van der Waals surface area contributed by atoms with Gasteiger partial charge >= 0.3 is 0 Å². The third-order valence-electron chi connectivity index (χ3n) is 1.08. The minimum atomic E-state index is -0.0967. The molecule has 0 nitrogen and oxygen atoms in total. The fraction of sp³-hybridized carbons (Fsp3) is 0.333. The first-order valence-electron chi connectivity index (χ1n) is 3.52. The molecular weight excluding hydrogens is 158 g/mol. The average Bonchev–Trinajstić information content (AvgIpc) is 1.86. The molecule has 0 aromatic heterocycles. The van der Waals surface area contributed by atoms with Gasteiger partial charge in [-0.15, -0.1) is 9.24 Å². The van der Waals surface area contributed by atoms with Crippen molar-refractivity contribution in [3.63, 3.8) is 0 Å². The highest BCUT2D eigenvalue weighted by Crippen LogP contribution is 2.10. The second-order valence-electron chi connectivity index (χ2n) is 2.45. The molecule has 0 bridgehead atoms. The second-order valence-corrected chi connectivity index (χ2v) is 2.83. The molecule has 0 amide bonds. The largest absolute Gasteiger partial charge is 0.212 e. The zero-order valence-corrected chi connectivity index (χ0v) is 7.96. The van der Waals surface area contributed by atoms with Crippen molar-refractivity contribution in [1.82, 2.24) is 0 Å². The molecule has 0 radical (unpaired) electrons. The van der Waals surface area contributed by atoms with Crippen molar-refractivity contribution in [3.8, 4) is 0 Å². The number of hydrogen-bond acceptors (Lipinski definition) is 0. The number of halogens is 1. The van der Waals surface area contributed by atoms with Crippen molar-refractivity contribution >= 4 is 9.24 Å². The van der Waals surface area contributed by atoms with Crippen LogP contribution in [-0.2, 0) is 0 Å². The molecule has 0 aromatic carbocycles. The van der Waals surface area contributed by atoms with Crippen LogP contribution >= 0.6 is 9.24 Å². The average molecular weight is 172 g/mol. The van der Waals surface area contributed by atoms with E-state index < -0.39 is 0 Å². The fourth-order valence-corrected chi connectivity index (χ4v) is 0.792. The lowest BCUT2D eigenvalue weighted by Crippen LogP contribution is -1.75. The molecule has 2 heteroatoms. The number of hydrogen-bond donors (Lipinski definition) is 0. The first-order chi connectivity index (χ1) is 5.16. The second kappa shape index (κ2) is 6.30. The van der Waals surface area contributed by atoms with E-state index in [2.05, 4.69) is 15.8 Å². The quantitative estimate of drug-likeness (QED) is 0.449. The van der Waals surface area contributed by atoms with Crippen LogP contribution in [0.25, 0.3) is 0 Å². The molecule has 1 unspecified atom stereocenters. The minimum absolute atomic E-state index is 0.0967. The maximum Gasteiger partial charge on any atom is 0.100 e. The van der Waals surface area contributed by atoms with E-state index >= 15 is 0 Å². The summed E-state index contributed by atoms with van der Waals surface area (Å²) in [5.41, 5.74) is 0.855. The van der Waals surface area contributed by atoms with Crippen LogP contribution in [0.2, 0.25) is 0 Å². The first kappa shape index (κ1) is 10.6. The van der Waals surface area contributed by atoms with Crippen molar-refractivity contribution in [2.75, 3.05) is 0 Å². The Labute approximate surface area is 70.1 Å². The summed E-state index contributed by atoms with van der Waals surface area (Å²) in [6.07, 6.45) is 4.46. The minimum Gasteiger partial charge on any atom is -0.212 e. The Balaban J connectivity index is 3.71. The van der Waals surface area contributed by atoms with Crippen molar-refractivity contribution in [3.05, 3.63) is 35.9 Å². The molecule has 0 saturated heterocycles. The molecule has 0 saturated carbocycles. The van der Waals surface area contributed by atoms with E-state index in [1.807, 2.05) is 18.8 Å². The van der Waals surface area contributed by atoms with E-state index in [1.54, 1.807) is 6.08 Å². The topological polar surface area (TPSA) is 0 Å². The molecule has 0 aliphatic heterocycles. The zero-order valence-electron chi connectivity index (χ0n) is 6.81. The molecule has 62 valence electrons. The van der Waals surface area contributed by atoms with Gasteiger partial charge in [0, 0.05) is 6.42 Å². The highest BCUT2D eigenvalue weighted by molar-refractivity contribution is 7.20. The lowest BCUT2D eigenvalue weighted by molar-refractivity contribution is 0.607. The summed E-state index contributed by atoms with van der Waals surface area (Å²) >= 11 is 0. The molecule has 0 aliphatic rings. The van der Waals surface area contributed by atoms with Crippen molar-refractivity contribution < 1.29 is 4.39 Å². The van der Waals surface area contributed by atoms with Gasteiger partial charge in [-0.05, 0) is 19.4 Å². The van der Waals surface area contributed by atoms with E-state index in [0.717, 1.165) is 5.57 Å². The SMILES string of the molecule is C=C(C)C/C(F)=C\C/C=C/P. The summed E-state index contributed by atoms with van der Waals surface area (Å²) < 4.78 is 12.7. The van der Waals surface area contributed by atoms with Gasteiger partial charge in [0.25, 0.3) is 0 Å². The number of allylic oxidation sites excluding steroid dienone is 4. The zero-order chi connectivity index (χ0) is 8.69. The highest BCUT2D eigenvalue weighted by atomic mass is 31.0. The van der Waals surface area contributed by atoms with E-state index in [1.165, 1.54) is 0 Å². The molecule has 0 N–H and O–H groups in total. The van der Waals surface area contributed by atoms with Gasteiger partial charge in [0.15, 0.2) is 0 Å². The summed E-state index contributed by atoms with van der Waals surface area (Å²) in [5, 5.41) is 0. The first-order valence-corrected chi connectivity index (χ1v) is 4.19. The lowest BCUT2D eigenvalue weighted by atomic mass is 10.2. The van der Waals surface area contributed by atoms with E-state index in [-0.39, 0.29) is 5.83 Å². The predicted octanol–water partition coefficient (Wildman–Crippen LogP) is 3.58. The Morgan fingerprint density at radius 1 is 1.64 bits per heavy atom. The van der Waals surface area contributed by atoms with E-state index in [4.69, 9.17) is 0 Å². The molecule has 0 aliphatic carbocycles. The third-order valence-corrected chi connectivity index (χ3v) is 1.35. The Morgan fingerprint density at radius 2 is 2.27 bits per heavy atom. The summed E-state index contributed by atoms with van der Waals surface area (Å²) in [6, 6.07) is 0. The standard InChI is InChI=1S/C9H14FP/c1-8(2)7-9(10)5-3-4-6-11/h4-6H,1,3,7,11H2,2H3/b6-4+,9-5+. The van der Waals surface area contributed by atoms with E-state index in [0.29, 0.717) is 12.8 Å². The van der Waals surface area contributed by atoms with Crippen molar-refractivity contribution in [1.29, 1.82) is 0 Å². The van der Waals surface area contributed by atoms with Crippen LogP contribution in [0.4, 0.5) is 4.39 Å². The smallest absolute Gasteiger partial charge is 0.100 e. The summed E-state index contributed by atoms with van der Waals surface area (Å²) in [5.74, 6) is 1.73. The van der Waals surface area contributed by atoms with Crippen LogP contribution in [0.15, 0.2) is 35.9 Å². The monoisotopic (exact) mass is 172 g/mol. The Bertz CT molecular complexity index is 180. The Kier molecular flexibility index (Phi) is 6.06. The summed E-state index contributed by atoms with van der Waals surface area (Å²) in [7, 11) is 2.45. The molecule has 0 spiro atoms. The van der Waals surface area contributed by atoms with Crippen LogP contribution in [-0.4, -0.2) is 0 Å². The van der Waals surface area contributed by atoms with Gasteiger partial charge in [-0.3, -0.25) is 0 Å². The van der Waals surface area contributed by atoms with Crippen LogP contribution in [0.3, 0.4) is 0 Å². The predicted molar refractivity (Wildman–Crippen MR) is 52.1 cm³/mol. The summed E-state index contributed by atoms with van der Waals surface area (Å²) in [6.45, 7) is 5.44. The van der Waals surface area contributed by atoms with Gasteiger partial charge < -0.3 is 0 Å². The molecule has 11 heavy (non-hydrogen) atoms. The number of rotatable bonds is 4. The van der Waals surface area contributed by atoms with Gasteiger partial charge in [-0.25, -0.2) is 4.39 Å². The van der Waals surface area contributed by atoms with Crippen LogP contribution in [0.1, 0.15) is 19.8 Å². The maximum atomic E-state index is 12.7. The van der Waals surface area contributed by atoms with Gasteiger partial charge in [-0.1, -0.05) is 24.0 Å². The highest BCUT2D eigenvalue weighted by Gasteiger charge is 1.92. The van der Waals surface area contributed by atoms with Gasteiger partial charge in [-0.2, -0.15) is 0 Å². The normalized spacial score (nSPS) is 12.5. The Hall–Kier alpha value is -0.420. The lowest BCUT2D eigenvalue weighted by Gasteiger charge is -1.93. The molecule has 0 aromatic rings. The molecule has 0 rings (SSSR count). The summed E-state index contributed by atoms with van der Waals surface area (Å²) in [4.78, 5) is 0. The molecule has 0 fully saturated rings. The fourth-order valence-electron chi connectivity index (χ4n) is 0.635. The van der Waals surface area contributed by atoms with Gasteiger partial charge in [0.1, 0.15) is 5.83 Å². The van der Waals surface area contributed by atoms with Crippen LogP contribution in [0.5, 0.6) is 0 Å². The van der Waals surface area contributed by atoms with Crippen molar-refractivity contribution in [2.24, 2.45) is 0 Å². The van der Waals surface area contributed by atoms with Gasteiger partial charge in [0.2, 0.25) is 0 Å². The molecule has 1 atom stereocenters. The van der Waals surface area contributed by atoms with Gasteiger partial charge in [0.05, 0.1) is 0 Å². The maximum absolute atomic E-state index is 12.7. The van der Waals surface area contributed by atoms with Crippen molar-refractivity contribution in [2.45, 2.75) is 19.8 Å². The van der Waals surface area contributed by atoms with Crippen LogP contribution < -0.4 is 0 Å². The Morgan fingerprint density at radius 3 is 2.73 bits per heavy atom. The molecule has 0 heterocycles. The van der Waals surface area contributed by atoms with E-state index in [9.17, 15) is 4.39 Å². The third kappa shape index (κ3) is 7.48. The van der Waals surface area contributed by atoms with Crippen LogP contribution in [0, 0.1) is 0 Å². The molecular formula is C9H14FP.